The van der Waals surface area contributed by atoms with Gasteiger partial charge < -0.3 is 9.80 Å². The fourth-order valence-electron chi connectivity index (χ4n) is 3.29. The molecule has 0 saturated heterocycles. The van der Waals surface area contributed by atoms with E-state index in [0.717, 1.165) is 15.5 Å². The number of benzene rings is 1. The van der Waals surface area contributed by atoms with Crippen LogP contribution in [0.15, 0.2) is 33.5 Å². The molecule has 0 aromatic heterocycles. The largest absolute Gasteiger partial charge is 0.344 e. The van der Waals surface area contributed by atoms with Crippen molar-refractivity contribution < 1.29 is 0 Å². The van der Waals surface area contributed by atoms with Crippen LogP contribution in [0.5, 0.6) is 0 Å². The van der Waals surface area contributed by atoms with Crippen LogP contribution in [0, 0.1) is 0 Å². The Balaban J connectivity index is 2.26. The van der Waals surface area contributed by atoms with E-state index in [1.54, 1.807) is 0 Å². The number of rotatable bonds is 0. The van der Waals surface area contributed by atoms with Crippen LogP contribution in [0.1, 0.15) is 13.8 Å². The molecule has 3 heterocycles. The number of allylic oxidation sites excluding steroid dienone is 2. The normalized spacial score (nSPS) is 22.0. The quantitative estimate of drug-likeness (QED) is 0.667. The summed E-state index contributed by atoms with van der Waals surface area (Å²) < 4.78 is 2.29. The Hall–Kier alpha value is -1.00. The molecule has 1 unspecified atom stereocenters. The lowest BCUT2D eigenvalue weighted by atomic mass is 9.98. The predicted molar refractivity (Wildman–Crippen MR) is 92.2 cm³/mol. The van der Waals surface area contributed by atoms with Crippen LogP contribution in [0.3, 0.4) is 0 Å². The van der Waals surface area contributed by atoms with E-state index in [1.807, 2.05) is 0 Å². The van der Waals surface area contributed by atoms with Gasteiger partial charge in [-0.2, -0.15) is 0 Å². The highest BCUT2D eigenvalue weighted by molar-refractivity contribution is 9.13. The van der Waals surface area contributed by atoms with Crippen molar-refractivity contribution in [1.82, 2.24) is 0 Å². The van der Waals surface area contributed by atoms with Crippen LogP contribution in [-0.4, -0.2) is 12.6 Å². The molecule has 0 N–H and O–H groups in total. The molecule has 0 aliphatic carbocycles. The van der Waals surface area contributed by atoms with E-state index < -0.39 is 0 Å². The van der Waals surface area contributed by atoms with Gasteiger partial charge in [0.05, 0.1) is 11.4 Å². The van der Waals surface area contributed by atoms with Gasteiger partial charge in [0.15, 0.2) is 0 Å². The van der Waals surface area contributed by atoms with Crippen LogP contribution in [0.25, 0.3) is 11.6 Å². The lowest BCUT2D eigenvalue weighted by Crippen LogP contribution is -2.49. The first-order chi connectivity index (χ1) is 9.59. The first-order valence-corrected chi connectivity index (χ1v) is 8.31. The maximum atomic E-state index is 3.78. The van der Waals surface area contributed by atoms with E-state index in [0.29, 0.717) is 6.04 Å². The summed E-state index contributed by atoms with van der Waals surface area (Å²) in [6.07, 6.45) is 10.9. The van der Waals surface area contributed by atoms with Crippen molar-refractivity contribution in [3.8, 4) is 0 Å². The van der Waals surface area contributed by atoms with Crippen molar-refractivity contribution in [1.29, 1.82) is 0 Å². The molecule has 0 amide bonds. The molecular formula is C16H14Br2N2. The second-order valence-electron chi connectivity index (χ2n) is 5.53. The van der Waals surface area contributed by atoms with Gasteiger partial charge in [-0.25, -0.2) is 0 Å². The van der Waals surface area contributed by atoms with Crippen molar-refractivity contribution in [2.75, 3.05) is 16.3 Å². The molecule has 0 fully saturated rings. The number of anilines is 2. The van der Waals surface area contributed by atoms with Gasteiger partial charge in [-0.3, -0.25) is 0 Å². The number of hydrogen-bond acceptors (Lipinski definition) is 2. The third-order valence-corrected chi connectivity index (χ3v) is 6.40. The zero-order chi connectivity index (χ0) is 14.0. The van der Waals surface area contributed by atoms with E-state index in [1.165, 1.54) is 27.4 Å². The average Bonchev–Trinajstić information content (AvgIpc) is 2.45. The molecule has 4 heteroatoms. The second kappa shape index (κ2) is 4.25. The molecule has 2 nitrogen and oxygen atoms in total. The van der Waals surface area contributed by atoms with Gasteiger partial charge in [-0.05, 0) is 63.4 Å². The van der Waals surface area contributed by atoms with E-state index >= 15 is 0 Å². The van der Waals surface area contributed by atoms with Crippen LogP contribution >= 0.6 is 31.9 Å². The van der Waals surface area contributed by atoms with Gasteiger partial charge >= 0.3 is 0 Å². The van der Waals surface area contributed by atoms with Crippen LogP contribution in [0.4, 0.5) is 11.4 Å². The average molecular weight is 394 g/mol. The number of nitrogens with zero attached hydrogens (tertiary/aromatic N) is 2. The Bertz CT molecular complexity index is 805. The van der Waals surface area contributed by atoms with E-state index in [4.69, 9.17) is 0 Å². The van der Waals surface area contributed by atoms with Crippen molar-refractivity contribution in [3.05, 3.63) is 43.9 Å². The van der Waals surface area contributed by atoms with E-state index in [9.17, 15) is 0 Å². The molecule has 20 heavy (non-hydrogen) atoms. The molecule has 0 bridgehead atoms. The molecule has 102 valence electrons. The summed E-state index contributed by atoms with van der Waals surface area (Å²) in [5, 5.41) is 2.57. The maximum Gasteiger partial charge on any atom is 0.0742 e. The smallest absolute Gasteiger partial charge is 0.0742 e. The highest BCUT2D eigenvalue weighted by Crippen LogP contribution is 2.37. The number of halogens is 2. The zero-order valence-electron chi connectivity index (χ0n) is 11.3. The van der Waals surface area contributed by atoms with Crippen LogP contribution in [0.2, 0.25) is 0 Å². The Morgan fingerprint density at radius 2 is 1.95 bits per heavy atom. The molecule has 0 spiro atoms. The highest BCUT2D eigenvalue weighted by atomic mass is 79.9. The third kappa shape index (κ3) is 1.49. The molecule has 1 atom stereocenters. The van der Waals surface area contributed by atoms with Crippen molar-refractivity contribution in [2.45, 2.75) is 19.9 Å². The van der Waals surface area contributed by atoms with Crippen molar-refractivity contribution >= 4 is 54.9 Å². The summed E-state index contributed by atoms with van der Waals surface area (Å²) >= 11 is 7.55. The molecule has 1 aromatic carbocycles. The fourth-order valence-corrected chi connectivity index (χ4v) is 4.53. The minimum atomic E-state index is 0.468. The molecule has 1 aromatic rings. The van der Waals surface area contributed by atoms with Crippen LogP contribution < -0.4 is 20.2 Å². The molecule has 0 saturated carbocycles. The van der Waals surface area contributed by atoms with Crippen molar-refractivity contribution in [2.24, 2.45) is 0 Å². The number of hydrogen-bond donors (Lipinski definition) is 0. The van der Waals surface area contributed by atoms with Gasteiger partial charge in [-0.1, -0.05) is 6.08 Å². The third-order valence-electron chi connectivity index (χ3n) is 4.25. The zero-order valence-corrected chi connectivity index (χ0v) is 14.5. The summed E-state index contributed by atoms with van der Waals surface area (Å²) in [5.74, 6) is 0. The summed E-state index contributed by atoms with van der Waals surface area (Å²) in [7, 11) is 0. The standard InChI is InChI=1S/C16H14Br2N2/c1-9-5-7-19-8-10(2)20-6-3-4-11-13(17)14(18)12(9)16(19)15(11)20/h3-7,10H,8H2,1-2H3. The van der Waals surface area contributed by atoms with E-state index in [-0.39, 0.29) is 0 Å². The minimum absolute atomic E-state index is 0.468. The lowest BCUT2D eigenvalue weighted by molar-refractivity contribution is 0.671. The summed E-state index contributed by atoms with van der Waals surface area (Å²) in [6.45, 7) is 5.46. The highest BCUT2D eigenvalue weighted by Gasteiger charge is 2.32. The molecule has 4 rings (SSSR count). The summed E-state index contributed by atoms with van der Waals surface area (Å²) in [4.78, 5) is 4.78. The SMILES string of the molecule is CC1=c2c(Br)c(Br)c3c4c2N(C=C1)CC(C)N4C=CC=3. The van der Waals surface area contributed by atoms with Gasteiger partial charge in [-0.15, -0.1) is 0 Å². The van der Waals surface area contributed by atoms with E-state index in [2.05, 4.69) is 86.1 Å². The van der Waals surface area contributed by atoms with Gasteiger partial charge in [0.2, 0.25) is 0 Å². The Kier molecular flexibility index (Phi) is 2.70. The predicted octanol–water partition coefficient (Wildman–Crippen LogP) is 3.23. The Labute approximate surface area is 135 Å². The van der Waals surface area contributed by atoms with Gasteiger partial charge in [0, 0.05) is 44.4 Å². The molecular weight excluding hydrogens is 380 g/mol. The molecule has 3 aliphatic heterocycles. The van der Waals surface area contributed by atoms with Crippen molar-refractivity contribution in [3.63, 3.8) is 0 Å². The van der Waals surface area contributed by atoms with Gasteiger partial charge in [0.1, 0.15) is 0 Å². The Morgan fingerprint density at radius 3 is 2.75 bits per heavy atom. The minimum Gasteiger partial charge on any atom is -0.344 e. The first-order valence-electron chi connectivity index (χ1n) is 6.73. The van der Waals surface area contributed by atoms with Gasteiger partial charge in [0.25, 0.3) is 0 Å². The first kappa shape index (κ1) is 12.7. The summed E-state index contributed by atoms with van der Waals surface area (Å²) in [5.41, 5.74) is 3.95. The maximum absolute atomic E-state index is 3.78. The monoisotopic (exact) mass is 392 g/mol. The van der Waals surface area contributed by atoms with Crippen LogP contribution in [-0.2, 0) is 0 Å². The fraction of sp³-hybridized carbons (Fsp3) is 0.250. The topological polar surface area (TPSA) is 6.48 Å². The summed E-state index contributed by atoms with van der Waals surface area (Å²) in [6, 6.07) is 0.468. The Morgan fingerprint density at radius 1 is 1.15 bits per heavy atom. The second-order valence-corrected chi connectivity index (χ2v) is 7.12. The molecule has 0 radical (unpaired) electrons. The lowest BCUT2D eigenvalue weighted by Gasteiger charge is -2.43. The molecule has 3 aliphatic rings.